The van der Waals surface area contributed by atoms with Crippen LogP contribution in [0, 0.1) is 6.92 Å². The monoisotopic (exact) mass is 593 g/mol. The van der Waals surface area contributed by atoms with E-state index in [9.17, 15) is 9.59 Å². The maximum absolute atomic E-state index is 14.1. The van der Waals surface area contributed by atoms with Gasteiger partial charge in [-0.25, -0.2) is 14.8 Å². The van der Waals surface area contributed by atoms with E-state index in [4.69, 9.17) is 21.1 Å². The number of amides is 1. The number of ether oxygens (including phenoxy) is 2. The van der Waals surface area contributed by atoms with Crippen molar-refractivity contribution in [3.8, 4) is 22.4 Å². The maximum Gasteiger partial charge on any atom is 0.410 e. The number of fused-ring (bicyclic) bond motifs is 1. The van der Waals surface area contributed by atoms with Gasteiger partial charge in [0.15, 0.2) is 5.16 Å². The van der Waals surface area contributed by atoms with E-state index >= 15 is 0 Å². The lowest BCUT2D eigenvalue weighted by Crippen LogP contribution is -2.49. The first kappa shape index (κ1) is 29.0. The second-order valence-corrected chi connectivity index (χ2v) is 12.1. The van der Waals surface area contributed by atoms with Crippen molar-refractivity contribution in [2.24, 2.45) is 0 Å². The minimum absolute atomic E-state index is 0.191. The number of nitrogens with zero attached hydrogens (tertiary/aromatic N) is 5. The van der Waals surface area contributed by atoms with Crippen molar-refractivity contribution in [3.63, 3.8) is 0 Å². The Morgan fingerprint density at radius 3 is 2.68 bits per heavy atom. The molecule has 0 aliphatic carbocycles. The summed E-state index contributed by atoms with van der Waals surface area (Å²) in [7, 11) is 0. The van der Waals surface area contributed by atoms with Crippen LogP contribution in [0.3, 0.4) is 0 Å². The van der Waals surface area contributed by atoms with Crippen LogP contribution in [0.2, 0.25) is 5.02 Å². The first-order valence-corrected chi connectivity index (χ1v) is 14.9. The fourth-order valence-electron chi connectivity index (χ4n) is 4.73. The van der Waals surface area contributed by atoms with Crippen LogP contribution in [0.5, 0.6) is 0 Å². The Labute approximate surface area is 247 Å². The van der Waals surface area contributed by atoms with E-state index in [2.05, 4.69) is 15.0 Å². The van der Waals surface area contributed by atoms with Gasteiger partial charge in [-0.15, -0.1) is 0 Å². The van der Waals surface area contributed by atoms with Gasteiger partial charge in [-0.05, 0) is 58.2 Å². The van der Waals surface area contributed by atoms with Gasteiger partial charge < -0.3 is 14.4 Å². The Morgan fingerprint density at radius 2 is 1.98 bits per heavy atom. The number of carbonyl (C=O) groups is 1. The Bertz CT molecular complexity index is 1670. The smallest absolute Gasteiger partial charge is 0.410 e. The lowest BCUT2D eigenvalue weighted by Gasteiger charge is -2.34. The highest BCUT2D eigenvalue weighted by atomic mass is 35.5. The van der Waals surface area contributed by atoms with Crippen LogP contribution in [0.25, 0.3) is 33.4 Å². The first-order chi connectivity index (χ1) is 19.5. The molecule has 5 rings (SSSR count). The molecule has 41 heavy (non-hydrogen) atoms. The van der Waals surface area contributed by atoms with Gasteiger partial charge in [0.2, 0.25) is 0 Å². The summed E-state index contributed by atoms with van der Waals surface area (Å²) >= 11 is 8.17. The zero-order valence-electron chi connectivity index (χ0n) is 23.7. The van der Waals surface area contributed by atoms with Crippen molar-refractivity contribution in [2.75, 3.05) is 26.0 Å². The molecule has 1 amide bonds. The van der Waals surface area contributed by atoms with Gasteiger partial charge in [-0.3, -0.25) is 14.3 Å². The number of halogens is 1. The van der Waals surface area contributed by atoms with Gasteiger partial charge >= 0.3 is 6.09 Å². The van der Waals surface area contributed by atoms with E-state index < -0.39 is 17.8 Å². The molecule has 214 valence electrons. The first-order valence-electron chi connectivity index (χ1n) is 13.3. The molecule has 0 N–H and O–H groups in total. The fraction of sp³-hybridized carbons (Fsp3) is 0.367. The van der Waals surface area contributed by atoms with Gasteiger partial charge in [-0.1, -0.05) is 41.6 Å². The van der Waals surface area contributed by atoms with E-state index in [1.165, 1.54) is 11.8 Å². The molecule has 4 aromatic rings. The van der Waals surface area contributed by atoms with Crippen molar-refractivity contribution in [1.82, 2.24) is 24.4 Å². The predicted molar refractivity (Wildman–Crippen MR) is 162 cm³/mol. The van der Waals surface area contributed by atoms with Crippen LogP contribution in [0.15, 0.2) is 58.6 Å². The summed E-state index contributed by atoms with van der Waals surface area (Å²) in [5, 5.41) is 1.67. The van der Waals surface area contributed by atoms with Crippen molar-refractivity contribution in [1.29, 1.82) is 0 Å². The van der Waals surface area contributed by atoms with Crippen LogP contribution in [-0.4, -0.2) is 68.2 Å². The number of aromatic nitrogens is 4. The Balaban J connectivity index is 1.54. The molecule has 0 spiro atoms. The van der Waals surface area contributed by atoms with Crippen LogP contribution in [0.4, 0.5) is 4.79 Å². The lowest BCUT2D eigenvalue weighted by molar-refractivity contribution is -0.0472. The van der Waals surface area contributed by atoms with Crippen molar-refractivity contribution in [2.45, 2.75) is 51.1 Å². The number of pyridine rings is 2. The van der Waals surface area contributed by atoms with E-state index in [-0.39, 0.29) is 18.6 Å². The molecule has 9 nitrogen and oxygen atoms in total. The second kappa shape index (κ2) is 11.8. The molecular formula is C30H32ClN5O4S. The third kappa shape index (κ3) is 6.55. The number of carbonyl (C=O) groups excluding carboxylic acids is 1. The van der Waals surface area contributed by atoms with Crippen molar-refractivity contribution < 1.29 is 14.3 Å². The number of thioether (sulfide) groups is 1. The Kier molecular flexibility index (Phi) is 8.35. The largest absolute Gasteiger partial charge is 0.444 e. The van der Waals surface area contributed by atoms with Gasteiger partial charge in [0, 0.05) is 45.5 Å². The van der Waals surface area contributed by atoms with E-state index in [0.717, 1.165) is 17.0 Å². The molecule has 0 saturated carbocycles. The third-order valence-corrected chi connectivity index (χ3v) is 7.48. The molecule has 4 heterocycles. The summed E-state index contributed by atoms with van der Waals surface area (Å²) in [5.41, 5.74) is 3.20. The van der Waals surface area contributed by atoms with E-state index in [1.54, 1.807) is 21.7 Å². The van der Waals surface area contributed by atoms with E-state index in [1.807, 2.05) is 70.3 Å². The summed E-state index contributed by atoms with van der Waals surface area (Å²) in [5.74, 6) is 0. The van der Waals surface area contributed by atoms with Gasteiger partial charge in [0.05, 0.1) is 31.5 Å². The van der Waals surface area contributed by atoms with Crippen LogP contribution in [-0.2, 0) is 16.0 Å². The number of rotatable bonds is 5. The number of morpholine rings is 1. The van der Waals surface area contributed by atoms with Crippen LogP contribution in [0.1, 0.15) is 26.5 Å². The highest BCUT2D eigenvalue weighted by Crippen LogP contribution is 2.32. The van der Waals surface area contributed by atoms with Crippen molar-refractivity contribution >= 4 is 40.5 Å². The molecule has 1 aliphatic rings. The molecule has 1 unspecified atom stereocenters. The highest BCUT2D eigenvalue weighted by Gasteiger charge is 2.29. The Hall–Kier alpha value is -3.47. The molecular weight excluding hydrogens is 562 g/mol. The Morgan fingerprint density at radius 1 is 1.17 bits per heavy atom. The molecule has 11 heteroatoms. The van der Waals surface area contributed by atoms with Gasteiger partial charge in [0.1, 0.15) is 11.2 Å². The lowest BCUT2D eigenvalue weighted by atomic mass is 10.0. The number of benzene rings is 1. The van der Waals surface area contributed by atoms with Crippen LogP contribution < -0.4 is 5.56 Å². The summed E-state index contributed by atoms with van der Waals surface area (Å²) in [6.07, 6.45) is 2.75. The molecule has 1 aliphatic heterocycles. The summed E-state index contributed by atoms with van der Waals surface area (Å²) in [6.45, 7) is 8.65. The summed E-state index contributed by atoms with van der Waals surface area (Å²) < 4.78 is 13.2. The SMILES string of the molecule is CSc1ncc2cc(-c3ccc(-c4cccc(C)n4)cc3Cl)c(=O)n(CC3CN(C(=O)OC(C)(C)C)CCO3)c2n1. The standard InChI is InChI=1S/C30H32ClN5O4S/c1-18-7-6-8-25(33-18)19-9-10-22(24(31)14-19)23-13-20-15-32-28(41-5)34-26(20)36(27(23)37)17-21-16-35(11-12-39-21)29(38)40-30(2,3)4/h6-10,13-15,21H,11-12,16-17H2,1-5H3. The third-order valence-electron chi connectivity index (χ3n) is 6.61. The zero-order valence-corrected chi connectivity index (χ0v) is 25.3. The summed E-state index contributed by atoms with van der Waals surface area (Å²) in [4.78, 5) is 42.1. The topological polar surface area (TPSA) is 99.4 Å². The molecule has 3 aromatic heterocycles. The number of hydrogen-bond acceptors (Lipinski definition) is 8. The zero-order chi connectivity index (χ0) is 29.3. The predicted octanol–water partition coefficient (Wildman–Crippen LogP) is 5.84. The highest BCUT2D eigenvalue weighted by molar-refractivity contribution is 7.98. The molecule has 1 atom stereocenters. The van der Waals surface area contributed by atoms with Crippen molar-refractivity contribution in [3.05, 3.63) is 69.7 Å². The summed E-state index contributed by atoms with van der Waals surface area (Å²) in [6, 6.07) is 13.2. The molecule has 0 bridgehead atoms. The minimum Gasteiger partial charge on any atom is -0.444 e. The molecule has 1 saturated heterocycles. The van der Waals surface area contributed by atoms with Crippen LogP contribution >= 0.6 is 23.4 Å². The van der Waals surface area contributed by atoms with Gasteiger partial charge in [0.25, 0.3) is 5.56 Å². The minimum atomic E-state index is -0.609. The van der Waals surface area contributed by atoms with Gasteiger partial charge in [-0.2, -0.15) is 0 Å². The average molecular weight is 594 g/mol. The average Bonchev–Trinajstić information content (AvgIpc) is 2.93. The van der Waals surface area contributed by atoms with E-state index in [0.29, 0.717) is 45.5 Å². The molecule has 1 fully saturated rings. The quantitative estimate of drug-likeness (QED) is 0.210. The maximum atomic E-state index is 14.1. The molecule has 0 radical (unpaired) electrons. The fourth-order valence-corrected chi connectivity index (χ4v) is 5.34. The number of aryl methyl sites for hydroxylation is 1. The number of hydrogen-bond donors (Lipinski definition) is 0. The second-order valence-electron chi connectivity index (χ2n) is 10.9. The normalized spacial score (nSPS) is 15.8. The molecule has 1 aromatic carbocycles.